The van der Waals surface area contributed by atoms with E-state index in [-0.39, 0.29) is 35.8 Å². The number of likely N-dealkylation sites (tertiary alicyclic amines) is 1. The minimum Gasteiger partial charge on any atom is -0.493 e. The number of aliphatic hydroxyl groups is 1. The molecule has 0 bridgehead atoms. The van der Waals surface area contributed by atoms with E-state index in [9.17, 15) is 14.7 Å². The Morgan fingerprint density at radius 3 is 2.37 bits per heavy atom. The molecule has 8 heteroatoms. The van der Waals surface area contributed by atoms with Gasteiger partial charge in [-0.3, -0.25) is 9.59 Å². The zero-order valence-corrected chi connectivity index (χ0v) is 24.2. The number of anilines is 1. The summed E-state index contributed by atoms with van der Waals surface area (Å²) < 4.78 is 34.2. The van der Waals surface area contributed by atoms with E-state index in [1.54, 1.807) is 41.0 Å². The second kappa shape index (κ2) is 11.7. The van der Waals surface area contributed by atoms with E-state index in [0.717, 1.165) is 23.1 Å². The van der Waals surface area contributed by atoms with Crippen LogP contribution >= 0.6 is 11.6 Å². The molecule has 0 radical (unpaired) electrons. The summed E-state index contributed by atoms with van der Waals surface area (Å²) in [6.07, 6.45) is 2.01. The summed E-state index contributed by atoms with van der Waals surface area (Å²) in [6, 6.07) is 17.4. The molecule has 2 atom stereocenters. The largest absolute Gasteiger partial charge is 0.493 e. The Bertz CT molecular complexity index is 1500. The second-order valence-electron chi connectivity index (χ2n) is 11.3. The summed E-state index contributed by atoms with van der Waals surface area (Å²) in [7, 11) is -2.70. The Morgan fingerprint density at radius 1 is 1.07 bits per heavy atom. The molecule has 1 N–H and O–H groups in total. The number of benzene rings is 3. The van der Waals surface area contributed by atoms with Crippen LogP contribution in [0.3, 0.4) is 0 Å². The van der Waals surface area contributed by atoms with E-state index < -0.39 is 18.7 Å². The lowest BCUT2D eigenvalue weighted by Gasteiger charge is -2.40. The first-order valence-corrected chi connectivity index (χ1v) is 14.3. The van der Waals surface area contributed by atoms with Gasteiger partial charge in [-0.05, 0) is 98.2 Å². The third-order valence-electron chi connectivity index (χ3n) is 8.23. The van der Waals surface area contributed by atoms with Crippen molar-refractivity contribution in [2.24, 2.45) is 5.92 Å². The number of fused-ring (bicyclic) bond motifs is 1. The molecule has 2 aliphatic heterocycles. The first-order chi connectivity index (χ1) is 20.8. The number of hydrogen-bond acceptors (Lipinski definition) is 5. The maximum atomic E-state index is 13.9. The van der Waals surface area contributed by atoms with Crippen LogP contribution in [0.1, 0.15) is 66.0 Å². The van der Waals surface area contributed by atoms with Crippen LogP contribution in [0.15, 0.2) is 60.7 Å². The predicted octanol–water partition coefficient (Wildman–Crippen LogP) is 5.89. The Labute approximate surface area is 250 Å². The summed E-state index contributed by atoms with van der Waals surface area (Å²) in [5.41, 5.74) is 2.50. The molecule has 3 aromatic carbocycles. The lowest BCUT2D eigenvalue weighted by Crippen LogP contribution is -2.42. The van der Waals surface area contributed by atoms with Gasteiger partial charge in [-0.1, -0.05) is 35.9 Å². The van der Waals surface area contributed by atoms with Gasteiger partial charge in [0.25, 0.3) is 0 Å². The Morgan fingerprint density at radius 2 is 1.76 bits per heavy atom. The highest BCUT2D eigenvalue weighted by molar-refractivity contribution is 6.30. The molecule has 0 spiro atoms. The number of piperidine rings is 1. The highest BCUT2D eigenvalue weighted by Gasteiger charge is 2.38. The van der Waals surface area contributed by atoms with Crippen LogP contribution in [0.2, 0.25) is 5.02 Å². The summed E-state index contributed by atoms with van der Waals surface area (Å²) in [6.45, 7) is 6.69. The van der Waals surface area contributed by atoms with Crippen molar-refractivity contribution >= 4 is 29.6 Å². The number of halogens is 1. The second-order valence-corrected chi connectivity index (χ2v) is 11.7. The van der Waals surface area contributed by atoms with Crippen molar-refractivity contribution < 1.29 is 28.3 Å². The zero-order chi connectivity index (χ0) is 31.8. The molecule has 7 nitrogen and oxygen atoms in total. The number of nitrogens with zero attached hydrogens (tertiary/aromatic N) is 2. The van der Waals surface area contributed by atoms with E-state index in [0.29, 0.717) is 42.2 Å². The fraction of sp³-hybridized carbons (Fsp3) is 0.394. The van der Waals surface area contributed by atoms with Crippen LogP contribution in [0.5, 0.6) is 11.5 Å². The van der Waals surface area contributed by atoms with Crippen molar-refractivity contribution in [1.29, 1.82) is 0 Å². The first-order valence-electron chi connectivity index (χ1n) is 15.4. The smallest absolute Gasteiger partial charge is 0.232 e. The standard InChI is InChI=1S/C33H37ClN2O5/c1-21(2)41-30-19-28-23(17-29(30)40-4)18-31(38)36(32(28)22-5-9-26(34)10-6-22)27-11-7-24(8-12-27)33(3,39)25-13-15-35(20-37)16-14-25/h5-12,17,19-21,25,32,39H,13-16,18H2,1-4H3/t32-,33+/m0/s1/i4D3. The normalized spacial score (nSPS) is 20.5. The van der Waals surface area contributed by atoms with Crippen molar-refractivity contribution in [1.82, 2.24) is 4.90 Å². The van der Waals surface area contributed by atoms with Gasteiger partial charge in [-0.2, -0.15) is 0 Å². The molecule has 0 saturated carbocycles. The molecule has 2 heterocycles. The van der Waals surface area contributed by atoms with Gasteiger partial charge in [0.05, 0.1) is 35.3 Å². The number of carbonyl (C=O) groups excluding carboxylic acids is 2. The molecule has 2 amide bonds. The Kier molecular flexibility index (Phi) is 7.21. The fourth-order valence-electron chi connectivity index (χ4n) is 6.01. The summed E-state index contributed by atoms with van der Waals surface area (Å²) in [5, 5.41) is 12.1. The fourth-order valence-corrected chi connectivity index (χ4v) is 6.14. The lowest BCUT2D eigenvalue weighted by molar-refractivity contribution is -0.121. The number of amides is 2. The van der Waals surface area contributed by atoms with Crippen LogP contribution in [0.4, 0.5) is 5.69 Å². The molecule has 1 saturated heterocycles. The van der Waals surface area contributed by atoms with Gasteiger partial charge >= 0.3 is 0 Å². The van der Waals surface area contributed by atoms with Crippen LogP contribution in [0, 0.1) is 5.92 Å². The van der Waals surface area contributed by atoms with Gasteiger partial charge in [-0.15, -0.1) is 0 Å². The van der Waals surface area contributed by atoms with E-state index >= 15 is 0 Å². The lowest BCUT2D eigenvalue weighted by atomic mass is 9.77. The van der Waals surface area contributed by atoms with Crippen LogP contribution in [-0.4, -0.2) is 48.6 Å². The number of ether oxygens (including phenoxy) is 2. The van der Waals surface area contributed by atoms with Crippen LogP contribution in [0.25, 0.3) is 0 Å². The van der Waals surface area contributed by atoms with E-state index in [4.69, 9.17) is 25.2 Å². The van der Waals surface area contributed by atoms with Crippen molar-refractivity contribution in [3.63, 3.8) is 0 Å². The molecule has 0 aromatic heterocycles. The van der Waals surface area contributed by atoms with Gasteiger partial charge in [-0.25, -0.2) is 0 Å². The van der Waals surface area contributed by atoms with Crippen molar-refractivity contribution in [3.05, 3.63) is 87.9 Å². The summed E-state index contributed by atoms with van der Waals surface area (Å²) >= 11 is 6.22. The zero-order valence-electron chi connectivity index (χ0n) is 26.5. The van der Waals surface area contributed by atoms with Crippen molar-refractivity contribution in [3.8, 4) is 11.5 Å². The van der Waals surface area contributed by atoms with Gasteiger partial charge in [0.15, 0.2) is 11.5 Å². The third-order valence-corrected chi connectivity index (χ3v) is 8.48. The quantitative estimate of drug-likeness (QED) is 0.337. The minimum atomic E-state index is -2.70. The van der Waals surface area contributed by atoms with Gasteiger partial charge in [0, 0.05) is 23.8 Å². The number of methoxy groups -OCH3 is 1. The van der Waals surface area contributed by atoms with Crippen LogP contribution in [-0.2, 0) is 21.6 Å². The SMILES string of the molecule is [2H]C([2H])([2H])Oc1cc2c(cc1OC(C)C)[C@H](c1ccc(Cl)cc1)N(c1ccc([C@@](C)(O)C3CCN(C=O)CC3)cc1)C(=O)C2. The molecule has 41 heavy (non-hydrogen) atoms. The maximum Gasteiger partial charge on any atom is 0.232 e. The summed E-state index contributed by atoms with van der Waals surface area (Å²) in [5.74, 6) is 0.130. The molecule has 5 rings (SSSR count). The predicted molar refractivity (Wildman–Crippen MR) is 160 cm³/mol. The highest BCUT2D eigenvalue weighted by Crippen LogP contribution is 2.44. The number of hydrogen-bond donors (Lipinski definition) is 1. The Balaban J connectivity index is 1.56. The van der Waals surface area contributed by atoms with E-state index in [2.05, 4.69) is 0 Å². The van der Waals surface area contributed by atoms with Crippen LogP contribution < -0.4 is 14.4 Å². The number of rotatable bonds is 8. The number of carbonyl (C=O) groups is 2. The molecule has 216 valence electrons. The highest BCUT2D eigenvalue weighted by atomic mass is 35.5. The van der Waals surface area contributed by atoms with Gasteiger partial charge in [0.2, 0.25) is 12.3 Å². The van der Waals surface area contributed by atoms with E-state index in [1.165, 1.54) is 0 Å². The third kappa shape index (κ3) is 5.79. The topological polar surface area (TPSA) is 79.3 Å². The molecular formula is C33H37ClN2O5. The van der Waals surface area contributed by atoms with E-state index in [1.807, 2.05) is 50.2 Å². The van der Waals surface area contributed by atoms with Crippen molar-refractivity contribution in [2.75, 3.05) is 25.0 Å². The summed E-state index contributed by atoms with van der Waals surface area (Å²) in [4.78, 5) is 28.5. The molecule has 0 unspecified atom stereocenters. The van der Waals surface area contributed by atoms with Crippen molar-refractivity contribution in [2.45, 2.75) is 57.8 Å². The molecule has 0 aliphatic carbocycles. The first kappa shape index (κ1) is 25.2. The molecule has 2 aliphatic rings. The Hall–Kier alpha value is -3.55. The molecule has 3 aromatic rings. The minimum absolute atomic E-state index is 0.0134. The maximum absolute atomic E-state index is 13.9. The monoisotopic (exact) mass is 579 g/mol. The van der Waals surface area contributed by atoms with Gasteiger partial charge < -0.3 is 24.4 Å². The molecule has 1 fully saturated rings. The molecular weight excluding hydrogens is 540 g/mol. The average Bonchev–Trinajstić information content (AvgIpc) is 2.97. The van der Waals surface area contributed by atoms with Gasteiger partial charge in [0.1, 0.15) is 0 Å². The average molecular weight is 580 g/mol.